The molecule has 3 nitrogen and oxygen atoms in total. The van der Waals surface area contributed by atoms with Crippen molar-refractivity contribution in [3.8, 4) is 11.1 Å². The van der Waals surface area contributed by atoms with Gasteiger partial charge in [0.25, 0.3) is 10.0 Å². The van der Waals surface area contributed by atoms with Crippen molar-refractivity contribution in [1.29, 1.82) is 0 Å². The van der Waals surface area contributed by atoms with Crippen LogP contribution in [0.2, 0.25) is 0 Å². The Hall–Kier alpha value is -3.11. The summed E-state index contributed by atoms with van der Waals surface area (Å²) in [4.78, 5) is 0.256. The van der Waals surface area contributed by atoms with Crippen molar-refractivity contribution in [1.82, 2.24) is 0 Å². The first kappa shape index (κ1) is 17.3. The van der Waals surface area contributed by atoms with Gasteiger partial charge >= 0.3 is 0 Å². The van der Waals surface area contributed by atoms with Gasteiger partial charge in [0.05, 0.1) is 4.90 Å². The highest BCUT2D eigenvalue weighted by atomic mass is 32.2. The van der Waals surface area contributed by atoms with Gasteiger partial charge in [0, 0.05) is 5.69 Å². The van der Waals surface area contributed by atoms with E-state index in [1.54, 1.807) is 36.4 Å². The number of benzene rings is 4. The standard InChI is InChI=1S/C23H19NO2S/c1-17-9-15-21(16-10-17)27(25,26)24-20-13-11-19(12-14-20)23-8-4-6-18-5-2-3-7-22(18)23/h2-16,24H,1H3. The van der Waals surface area contributed by atoms with E-state index in [0.717, 1.165) is 16.7 Å². The second-order valence-corrected chi connectivity index (χ2v) is 8.21. The summed E-state index contributed by atoms with van der Waals surface area (Å²) in [7, 11) is -3.59. The van der Waals surface area contributed by atoms with E-state index < -0.39 is 10.0 Å². The summed E-state index contributed by atoms with van der Waals surface area (Å²) >= 11 is 0. The summed E-state index contributed by atoms with van der Waals surface area (Å²) in [5.74, 6) is 0. The van der Waals surface area contributed by atoms with Crippen LogP contribution in [-0.2, 0) is 10.0 Å². The third kappa shape index (κ3) is 3.57. The number of hydrogen-bond acceptors (Lipinski definition) is 2. The van der Waals surface area contributed by atoms with Gasteiger partial charge in [0.1, 0.15) is 0 Å². The first-order valence-electron chi connectivity index (χ1n) is 8.71. The Morgan fingerprint density at radius 1 is 0.704 bits per heavy atom. The molecule has 134 valence electrons. The summed E-state index contributed by atoms with van der Waals surface area (Å²) in [6, 6.07) is 28.7. The predicted molar refractivity (Wildman–Crippen MR) is 111 cm³/mol. The molecular formula is C23H19NO2S. The van der Waals surface area contributed by atoms with Gasteiger partial charge in [0.2, 0.25) is 0 Å². The fourth-order valence-corrected chi connectivity index (χ4v) is 4.19. The molecule has 0 saturated heterocycles. The van der Waals surface area contributed by atoms with Crippen molar-refractivity contribution < 1.29 is 8.42 Å². The Balaban J connectivity index is 1.63. The van der Waals surface area contributed by atoms with Crippen molar-refractivity contribution in [2.75, 3.05) is 4.72 Å². The zero-order valence-corrected chi connectivity index (χ0v) is 15.7. The van der Waals surface area contributed by atoms with Crippen molar-refractivity contribution in [2.24, 2.45) is 0 Å². The van der Waals surface area contributed by atoms with Crippen LogP contribution in [0.15, 0.2) is 95.9 Å². The quantitative estimate of drug-likeness (QED) is 0.505. The van der Waals surface area contributed by atoms with E-state index in [9.17, 15) is 8.42 Å². The number of sulfonamides is 1. The average Bonchev–Trinajstić information content (AvgIpc) is 2.68. The third-order valence-electron chi connectivity index (χ3n) is 4.57. The molecule has 0 fully saturated rings. The topological polar surface area (TPSA) is 46.2 Å². The van der Waals surface area contributed by atoms with Gasteiger partial charge in [-0.1, -0.05) is 72.3 Å². The van der Waals surface area contributed by atoms with Gasteiger partial charge in [-0.3, -0.25) is 4.72 Å². The van der Waals surface area contributed by atoms with E-state index >= 15 is 0 Å². The van der Waals surface area contributed by atoms with Crippen LogP contribution in [-0.4, -0.2) is 8.42 Å². The molecule has 0 atom stereocenters. The first-order chi connectivity index (χ1) is 13.0. The van der Waals surface area contributed by atoms with Gasteiger partial charge in [-0.25, -0.2) is 8.42 Å². The van der Waals surface area contributed by atoms with Gasteiger partial charge in [-0.05, 0) is 53.1 Å². The summed E-state index contributed by atoms with van der Waals surface area (Å²) in [5, 5.41) is 2.35. The molecule has 0 amide bonds. The molecule has 0 aliphatic carbocycles. The molecule has 4 heteroatoms. The highest BCUT2D eigenvalue weighted by molar-refractivity contribution is 7.92. The van der Waals surface area contributed by atoms with E-state index in [0.29, 0.717) is 5.69 Å². The molecule has 4 aromatic rings. The van der Waals surface area contributed by atoms with Crippen LogP contribution in [0.3, 0.4) is 0 Å². The largest absolute Gasteiger partial charge is 0.280 e. The lowest BCUT2D eigenvalue weighted by Gasteiger charge is -2.10. The second-order valence-electron chi connectivity index (χ2n) is 6.52. The maximum absolute atomic E-state index is 12.5. The van der Waals surface area contributed by atoms with Crippen LogP contribution in [0, 0.1) is 6.92 Å². The predicted octanol–water partition coefficient (Wildman–Crippen LogP) is 5.62. The molecule has 0 radical (unpaired) electrons. The molecule has 1 N–H and O–H groups in total. The Morgan fingerprint density at radius 3 is 2.11 bits per heavy atom. The van der Waals surface area contributed by atoms with Crippen LogP contribution in [0.1, 0.15) is 5.56 Å². The SMILES string of the molecule is Cc1ccc(S(=O)(=O)Nc2ccc(-c3cccc4ccccc34)cc2)cc1. The van der Waals surface area contributed by atoms with Crippen LogP contribution in [0.4, 0.5) is 5.69 Å². The minimum absolute atomic E-state index is 0.256. The van der Waals surface area contributed by atoms with Gasteiger partial charge in [-0.2, -0.15) is 0 Å². The summed E-state index contributed by atoms with van der Waals surface area (Å²) in [6.07, 6.45) is 0. The second kappa shape index (κ2) is 6.89. The average molecular weight is 373 g/mol. The molecule has 27 heavy (non-hydrogen) atoms. The van der Waals surface area contributed by atoms with E-state index in [2.05, 4.69) is 29.0 Å². The lowest BCUT2D eigenvalue weighted by Crippen LogP contribution is -2.12. The van der Waals surface area contributed by atoms with Gasteiger partial charge in [0.15, 0.2) is 0 Å². The molecule has 0 unspecified atom stereocenters. The molecule has 0 heterocycles. The summed E-state index contributed by atoms with van der Waals surface area (Å²) in [6.45, 7) is 1.93. The maximum Gasteiger partial charge on any atom is 0.261 e. The zero-order valence-electron chi connectivity index (χ0n) is 14.9. The lowest BCUT2D eigenvalue weighted by molar-refractivity contribution is 0.601. The molecule has 0 aliphatic rings. The number of fused-ring (bicyclic) bond motifs is 1. The van der Waals surface area contributed by atoms with Crippen LogP contribution in [0.5, 0.6) is 0 Å². The smallest absolute Gasteiger partial charge is 0.261 e. The fraction of sp³-hybridized carbons (Fsp3) is 0.0435. The van der Waals surface area contributed by atoms with E-state index in [1.165, 1.54) is 10.8 Å². The van der Waals surface area contributed by atoms with Crippen molar-refractivity contribution >= 4 is 26.5 Å². The molecule has 0 saturated carbocycles. The first-order valence-corrected chi connectivity index (χ1v) is 10.2. The third-order valence-corrected chi connectivity index (χ3v) is 5.97. The summed E-state index contributed by atoms with van der Waals surface area (Å²) < 4.78 is 27.7. The van der Waals surface area contributed by atoms with Crippen molar-refractivity contribution in [3.05, 3.63) is 96.6 Å². The Kier molecular flexibility index (Phi) is 4.42. The van der Waals surface area contributed by atoms with Crippen molar-refractivity contribution in [2.45, 2.75) is 11.8 Å². The van der Waals surface area contributed by atoms with E-state index in [-0.39, 0.29) is 4.90 Å². The van der Waals surface area contributed by atoms with Gasteiger partial charge in [-0.15, -0.1) is 0 Å². The molecule has 4 rings (SSSR count). The number of anilines is 1. The number of aryl methyl sites for hydroxylation is 1. The minimum atomic E-state index is -3.59. The zero-order chi connectivity index (χ0) is 18.9. The highest BCUT2D eigenvalue weighted by Crippen LogP contribution is 2.29. The lowest BCUT2D eigenvalue weighted by atomic mass is 9.98. The normalized spacial score (nSPS) is 11.4. The van der Waals surface area contributed by atoms with E-state index in [1.807, 2.05) is 37.3 Å². The van der Waals surface area contributed by atoms with Crippen LogP contribution in [0.25, 0.3) is 21.9 Å². The van der Waals surface area contributed by atoms with E-state index in [4.69, 9.17) is 0 Å². The summed E-state index contributed by atoms with van der Waals surface area (Å²) in [5.41, 5.74) is 3.74. The molecule has 0 aromatic heterocycles. The number of hydrogen-bond donors (Lipinski definition) is 1. The fourth-order valence-electron chi connectivity index (χ4n) is 3.13. The minimum Gasteiger partial charge on any atom is -0.280 e. The maximum atomic E-state index is 12.5. The molecule has 4 aromatic carbocycles. The molecule has 0 bridgehead atoms. The van der Waals surface area contributed by atoms with Crippen LogP contribution >= 0.6 is 0 Å². The molecule has 0 spiro atoms. The Labute approximate surface area is 159 Å². The van der Waals surface area contributed by atoms with Gasteiger partial charge < -0.3 is 0 Å². The number of nitrogens with one attached hydrogen (secondary N) is 1. The highest BCUT2D eigenvalue weighted by Gasteiger charge is 2.14. The number of rotatable bonds is 4. The molecular weight excluding hydrogens is 354 g/mol. The van der Waals surface area contributed by atoms with Crippen molar-refractivity contribution in [3.63, 3.8) is 0 Å². The monoisotopic (exact) mass is 373 g/mol. The Bertz CT molecular complexity index is 1190. The van der Waals surface area contributed by atoms with Crippen LogP contribution < -0.4 is 4.72 Å². The molecule has 0 aliphatic heterocycles. The Morgan fingerprint density at radius 2 is 1.37 bits per heavy atom.